The summed E-state index contributed by atoms with van der Waals surface area (Å²) in [5.74, 6) is 0. The van der Waals surface area contributed by atoms with Gasteiger partial charge in [-0.2, -0.15) is 0 Å². The van der Waals surface area contributed by atoms with Gasteiger partial charge in [-0.15, -0.1) is 6.58 Å². The smallest absolute Gasteiger partial charge is 0.0326 e. The number of rotatable bonds is 6. The van der Waals surface area contributed by atoms with Crippen LogP contribution in [0.2, 0.25) is 0 Å². The molecule has 0 heteroatoms. The minimum atomic E-state index is 0.572. The van der Waals surface area contributed by atoms with Crippen molar-refractivity contribution in [1.82, 2.24) is 0 Å². The van der Waals surface area contributed by atoms with E-state index in [1.807, 2.05) is 19.9 Å². The van der Waals surface area contributed by atoms with Gasteiger partial charge < -0.3 is 0 Å². The van der Waals surface area contributed by atoms with Crippen LogP contribution in [-0.4, -0.2) is 0 Å². The zero-order valence-electron chi connectivity index (χ0n) is 10.3. The lowest BCUT2D eigenvalue weighted by molar-refractivity contribution is 0.260. The van der Waals surface area contributed by atoms with Crippen molar-refractivity contribution in [3.63, 3.8) is 0 Å². The van der Waals surface area contributed by atoms with Crippen molar-refractivity contribution in [2.24, 2.45) is 5.41 Å². The van der Waals surface area contributed by atoms with Gasteiger partial charge in [0.2, 0.25) is 0 Å². The fourth-order valence-corrected chi connectivity index (χ4v) is 1.53. The van der Waals surface area contributed by atoms with E-state index in [0.29, 0.717) is 5.41 Å². The first-order valence-electron chi connectivity index (χ1n) is 5.79. The molecule has 0 saturated carbocycles. The van der Waals surface area contributed by atoms with Gasteiger partial charge in [0.25, 0.3) is 0 Å². The summed E-state index contributed by atoms with van der Waals surface area (Å²) in [5, 5.41) is 0. The Morgan fingerprint density at radius 3 is 2.00 bits per heavy atom. The molecule has 0 radical (unpaired) electrons. The summed E-state index contributed by atoms with van der Waals surface area (Å²) in [5.41, 5.74) is 0.572. The van der Waals surface area contributed by atoms with Crippen LogP contribution in [0.25, 0.3) is 0 Å². The molecule has 0 aliphatic rings. The van der Waals surface area contributed by atoms with Crippen LogP contribution < -0.4 is 0 Å². The molecule has 0 nitrogen and oxygen atoms in total. The predicted molar refractivity (Wildman–Crippen MR) is 64.1 cm³/mol. The quantitative estimate of drug-likeness (QED) is 0.498. The van der Waals surface area contributed by atoms with E-state index in [1.54, 1.807) is 0 Å². The van der Waals surface area contributed by atoms with E-state index in [0.717, 1.165) is 0 Å². The minimum Gasteiger partial charge on any atom is -0.103 e. The fraction of sp³-hybridized carbons (Fsp3) is 0.846. The van der Waals surface area contributed by atoms with Gasteiger partial charge in [0.15, 0.2) is 0 Å². The van der Waals surface area contributed by atoms with Gasteiger partial charge in [-0.1, -0.05) is 53.5 Å². The molecule has 0 aromatic rings. The molecule has 0 aliphatic heterocycles. The summed E-state index contributed by atoms with van der Waals surface area (Å²) in [6.07, 6.45) is 8.47. The van der Waals surface area contributed by atoms with Crippen molar-refractivity contribution >= 4 is 0 Å². The normalized spacial score (nSPS) is 13.9. The van der Waals surface area contributed by atoms with Gasteiger partial charge in [0.1, 0.15) is 0 Å². The Morgan fingerprint density at radius 2 is 1.69 bits per heavy atom. The summed E-state index contributed by atoms with van der Waals surface area (Å²) < 4.78 is 0. The molecule has 13 heavy (non-hydrogen) atoms. The van der Waals surface area contributed by atoms with Crippen molar-refractivity contribution in [2.45, 2.75) is 66.7 Å². The van der Waals surface area contributed by atoms with Gasteiger partial charge in [0.05, 0.1) is 0 Å². The predicted octanol–water partition coefficient (Wildman–Crippen LogP) is 5.20. The highest BCUT2D eigenvalue weighted by Crippen LogP contribution is 2.32. The van der Waals surface area contributed by atoms with Gasteiger partial charge in [-0.25, -0.2) is 0 Å². The van der Waals surface area contributed by atoms with E-state index in [4.69, 9.17) is 0 Å². The van der Waals surface area contributed by atoms with E-state index in [-0.39, 0.29) is 0 Å². The van der Waals surface area contributed by atoms with E-state index in [2.05, 4.69) is 27.4 Å². The molecule has 0 aliphatic carbocycles. The second-order valence-corrected chi connectivity index (χ2v) is 3.74. The van der Waals surface area contributed by atoms with Crippen molar-refractivity contribution in [3.8, 4) is 0 Å². The van der Waals surface area contributed by atoms with Gasteiger partial charge >= 0.3 is 0 Å². The first-order valence-corrected chi connectivity index (χ1v) is 5.79. The second kappa shape index (κ2) is 9.83. The lowest BCUT2D eigenvalue weighted by atomic mass is 9.79. The molecule has 0 fully saturated rings. The zero-order valence-corrected chi connectivity index (χ0v) is 10.3. The second-order valence-electron chi connectivity index (χ2n) is 3.74. The molecule has 0 bridgehead atoms. The van der Waals surface area contributed by atoms with Crippen LogP contribution in [-0.2, 0) is 0 Å². The maximum absolute atomic E-state index is 3.76. The van der Waals surface area contributed by atoms with Crippen LogP contribution in [0.3, 0.4) is 0 Å². The summed E-state index contributed by atoms with van der Waals surface area (Å²) in [7, 11) is 0. The van der Waals surface area contributed by atoms with Crippen LogP contribution in [0.15, 0.2) is 12.7 Å². The highest BCUT2D eigenvalue weighted by Gasteiger charge is 2.18. The summed E-state index contributed by atoms with van der Waals surface area (Å²) in [6, 6.07) is 0. The van der Waals surface area contributed by atoms with Crippen LogP contribution >= 0.6 is 0 Å². The Morgan fingerprint density at radius 1 is 1.15 bits per heavy atom. The van der Waals surface area contributed by atoms with Gasteiger partial charge in [-0.3, -0.25) is 0 Å². The molecule has 0 heterocycles. The topological polar surface area (TPSA) is 0 Å². The molecule has 0 amide bonds. The maximum atomic E-state index is 3.76. The molecular formula is C13H28. The first-order chi connectivity index (χ1) is 6.18. The summed E-state index contributed by atoms with van der Waals surface area (Å²) in [4.78, 5) is 0. The molecule has 0 aromatic carbocycles. The third-order valence-electron chi connectivity index (χ3n) is 2.66. The number of hydrogen-bond acceptors (Lipinski definition) is 0. The lowest BCUT2D eigenvalue weighted by Crippen LogP contribution is -2.14. The van der Waals surface area contributed by atoms with Gasteiger partial charge in [-0.05, 0) is 24.7 Å². The van der Waals surface area contributed by atoms with E-state index in [1.165, 1.54) is 32.1 Å². The number of hydrogen-bond donors (Lipinski definition) is 0. The van der Waals surface area contributed by atoms with Gasteiger partial charge in [0, 0.05) is 0 Å². The summed E-state index contributed by atoms with van der Waals surface area (Å²) >= 11 is 0. The Labute approximate surface area is 85.4 Å². The van der Waals surface area contributed by atoms with E-state index in [9.17, 15) is 0 Å². The molecule has 0 saturated heterocycles. The van der Waals surface area contributed by atoms with Crippen LogP contribution in [0.1, 0.15) is 66.7 Å². The monoisotopic (exact) mass is 184 g/mol. The Bertz CT molecular complexity index is 105. The van der Waals surface area contributed by atoms with Crippen molar-refractivity contribution in [3.05, 3.63) is 12.7 Å². The highest BCUT2D eigenvalue weighted by molar-refractivity contribution is 4.77. The molecule has 0 N–H and O–H groups in total. The Balaban J connectivity index is 0. The molecule has 80 valence electrons. The SMILES string of the molecule is C=CCCC(C)(CC)CCC.CC. The van der Waals surface area contributed by atoms with Crippen LogP contribution in [0.4, 0.5) is 0 Å². The molecule has 1 unspecified atom stereocenters. The molecule has 0 aromatic heterocycles. The number of allylic oxidation sites excluding steroid dienone is 1. The van der Waals surface area contributed by atoms with E-state index < -0.39 is 0 Å². The van der Waals surface area contributed by atoms with Crippen molar-refractivity contribution in [2.75, 3.05) is 0 Å². The van der Waals surface area contributed by atoms with Crippen LogP contribution in [0.5, 0.6) is 0 Å². The molecule has 0 spiro atoms. The first kappa shape index (κ1) is 15.2. The Hall–Kier alpha value is -0.260. The average molecular weight is 184 g/mol. The average Bonchev–Trinajstić information content (AvgIpc) is 2.18. The Kier molecular flexibility index (Phi) is 11.5. The molecular weight excluding hydrogens is 156 g/mol. The molecule has 0 rings (SSSR count). The third-order valence-corrected chi connectivity index (χ3v) is 2.66. The zero-order chi connectivity index (χ0) is 10.7. The largest absolute Gasteiger partial charge is 0.103 e. The summed E-state index contributed by atoms with van der Waals surface area (Å²) in [6.45, 7) is 14.7. The van der Waals surface area contributed by atoms with Crippen molar-refractivity contribution < 1.29 is 0 Å². The third kappa shape index (κ3) is 8.08. The fourth-order valence-electron chi connectivity index (χ4n) is 1.53. The minimum absolute atomic E-state index is 0.572. The maximum Gasteiger partial charge on any atom is -0.0326 e. The highest BCUT2D eigenvalue weighted by atomic mass is 14.2. The van der Waals surface area contributed by atoms with Crippen molar-refractivity contribution in [1.29, 1.82) is 0 Å². The standard InChI is InChI=1S/C11H22.C2H6/c1-5-8-10-11(4,7-3)9-6-2;1-2/h5H,1,6-10H2,2-4H3;1-2H3. The lowest BCUT2D eigenvalue weighted by Gasteiger charge is -2.27. The van der Waals surface area contributed by atoms with Crippen LogP contribution in [0, 0.1) is 5.41 Å². The van der Waals surface area contributed by atoms with E-state index >= 15 is 0 Å². The molecule has 1 atom stereocenters.